The summed E-state index contributed by atoms with van der Waals surface area (Å²) in [5.74, 6) is 0.935. The highest BCUT2D eigenvalue weighted by atomic mass is 79.9. The summed E-state index contributed by atoms with van der Waals surface area (Å²) in [6.45, 7) is 0. The number of halogens is 2. The number of thiophene rings is 1. The minimum atomic E-state index is -1.17. The highest BCUT2D eigenvalue weighted by Gasteiger charge is 2.08. The van der Waals surface area contributed by atoms with Gasteiger partial charge in [-0.05, 0) is 65.2 Å². The Hall–Kier alpha value is -2.63. The normalized spacial score (nSPS) is 12.8. The zero-order valence-corrected chi connectivity index (χ0v) is 24.1. The molecule has 0 bridgehead atoms. The van der Waals surface area contributed by atoms with Crippen molar-refractivity contribution < 1.29 is 13.3 Å². The molecule has 6 nitrogen and oxygen atoms in total. The molecule has 2 aromatic carbocycles. The molecule has 0 spiro atoms. The molecule has 0 radical (unpaired) electrons. The number of benzene rings is 2. The van der Waals surface area contributed by atoms with Gasteiger partial charge in [0, 0.05) is 43.6 Å². The van der Waals surface area contributed by atoms with E-state index in [4.69, 9.17) is 11.6 Å². The summed E-state index contributed by atoms with van der Waals surface area (Å²) < 4.78 is 24.7. The van der Waals surface area contributed by atoms with Crippen molar-refractivity contribution in [3.63, 3.8) is 0 Å². The first-order valence-electron chi connectivity index (χ1n) is 10.7. The molecule has 11 heteroatoms. The van der Waals surface area contributed by atoms with Crippen molar-refractivity contribution in [2.24, 2.45) is 0 Å². The fourth-order valence-corrected chi connectivity index (χ4v) is 5.79. The number of rotatable bonds is 9. The van der Waals surface area contributed by atoms with Gasteiger partial charge in [0.1, 0.15) is 0 Å². The van der Waals surface area contributed by atoms with Crippen LogP contribution in [0.1, 0.15) is 22.4 Å². The Labute approximate surface area is 237 Å². The van der Waals surface area contributed by atoms with E-state index in [0.717, 1.165) is 32.6 Å². The predicted octanol–water partition coefficient (Wildman–Crippen LogP) is 7.93. The van der Waals surface area contributed by atoms with E-state index in [9.17, 15) is 18.5 Å². The number of aromatic amines is 1. The Balaban J connectivity index is 0.000000208. The number of nitro groups is 1. The lowest BCUT2D eigenvalue weighted by Crippen LogP contribution is -1.90. The van der Waals surface area contributed by atoms with Crippen LogP contribution < -0.4 is 0 Å². The lowest BCUT2D eigenvalue weighted by molar-refractivity contribution is -0.380. The number of nitrogens with zero attached hydrogens (tertiary/aromatic N) is 1. The van der Waals surface area contributed by atoms with Gasteiger partial charge in [0.2, 0.25) is 0 Å². The van der Waals surface area contributed by atoms with E-state index < -0.39 is 26.5 Å². The molecule has 1 N–H and O–H groups in total. The molecule has 0 aliphatic carbocycles. The second-order valence-electron chi connectivity index (χ2n) is 7.51. The van der Waals surface area contributed by atoms with Gasteiger partial charge in [-0.1, -0.05) is 63.1 Å². The second kappa shape index (κ2) is 14.9. The summed E-state index contributed by atoms with van der Waals surface area (Å²) in [7, 11) is -2.15. The number of H-pyrrole nitrogens is 1. The Morgan fingerprint density at radius 3 is 2.08 bits per heavy atom. The van der Waals surface area contributed by atoms with Crippen LogP contribution in [-0.2, 0) is 33.1 Å². The molecular weight excluding hydrogens is 616 g/mol. The van der Waals surface area contributed by atoms with Crippen LogP contribution in [0.5, 0.6) is 0 Å². The topological polar surface area (TPSA) is 93.1 Å². The van der Waals surface area contributed by atoms with E-state index in [1.54, 1.807) is 34.4 Å². The molecule has 37 heavy (non-hydrogen) atoms. The zero-order valence-electron chi connectivity index (χ0n) is 19.3. The van der Waals surface area contributed by atoms with Crippen LogP contribution in [0.2, 0.25) is 5.02 Å². The SMILES string of the molecule is O=S(/C=C/c1ccc[nH]1)Cc1ccc(Br)cc1.O=[N+]([O-])c1cc(C=CS(=O)Cc2ccc(Cl)cc2)cs1. The third kappa shape index (κ3) is 10.7. The standard InChI is InChI=1S/C13H12BrNOS.C13H10ClNO3S2/c14-12-5-3-11(4-6-12)10-17(16)9-7-13-2-1-8-15-13;14-12-3-1-10(2-4-12)9-20(18)6-5-11-7-13(15(16)17)19-8-11/h1-9,15H,10H2;1-8H,9H2/b9-7+;. The quantitative estimate of drug-likeness (QED) is 0.149. The maximum absolute atomic E-state index is 11.9. The minimum absolute atomic E-state index is 0.0770. The molecule has 0 saturated carbocycles. The summed E-state index contributed by atoms with van der Waals surface area (Å²) in [6, 6.07) is 20.3. The average Bonchev–Trinajstić information content (AvgIpc) is 3.57. The van der Waals surface area contributed by atoms with E-state index >= 15 is 0 Å². The monoisotopic (exact) mass is 636 g/mol. The van der Waals surface area contributed by atoms with E-state index in [2.05, 4.69) is 20.9 Å². The first kappa shape index (κ1) is 28.9. The third-order valence-corrected chi connectivity index (χ3v) is 8.46. The minimum Gasteiger partial charge on any atom is -0.362 e. The van der Waals surface area contributed by atoms with Crippen LogP contribution in [0.4, 0.5) is 5.00 Å². The maximum atomic E-state index is 11.9. The Morgan fingerprint density at radius 2 is 1.54 bits per heavy atom. The highest BCUT2D eigenvalue weighted by molar-refractivity contribution is 9.10. The lowest BCUT2D eigenvalue weighted by atomic mass is 10.2. The van der Waals surface area contributed by atoms with E-state index in [0.29, 0.717) is 22.1 Å². The maximum Gasteiger partial charge on any atom is 0.324 e. The van der Waals surface area contributed by atoms with Crippen LogP contribution >= 0.6 is 38.9 Å². The fourth-order valence-electron chi connectivity index (χ4n) is 2.86. The molecule has 0 aliphatic rings. The van der Waals surface area contributed by atoms with Crippen LogP contribution in [0.15, 0.2) is 93.6 Å². The van der Waals surface area contributed by atoms with Crippen LogP contribution in [0.25, 0.3) is 12.2 Å². The molecule has 0 fully saturated rings. The zero-order chi connectivity index (χ0) is 26.6. The van der Waals surface area contributed by atoms with Gasteiger partial charge < -0.3 is 4.98 Å². The van der Waals surface area contributed by atoms with Crippen LogP contribution in [0.3, 0.4) is 0 Å². The van der Waals surface area contributed by atoms with Crippen molar-refractivity contribution in [1.29, 1.82) is 0 Å². The van der Waals surface area contributed by atoms with Crippen LogP contribution in [0, 0.1) is 10.1 Å². The molecule has 4 aromatic rings. The fraction of sp³-hybridized carbons (Fsp3) is 0.0769. The van der Waals surface area contributed by atoms with Crippen molar-refractivity contribution in [3.05, 3.63) is 131 Å². The van der Waals surface area contributed by atoms with Gasteiger partial charge in [0.15, 0.2) is 0 Å². The van der Waals surface area contributed by atoms with Crippen molar-refractivity contribution in [2.45, 2.75) is 11.5 Å². The summed E-state index contributed by atoms with van der Waals surface area (Å²) in [5.41, 5.74) is 3.65. The molecule has 0 amide bonds. The molecule has 2 aromatic heterocycles. The van der Waals surface area contributed by atoms with E-state index in [-0.39, 0.29) is 5.00 Å². The van der Waals surface area contributed by atoms with Crippen molar-refractivity contribution in [3.8, 4) is 0 Å². The number of aromatic nitrogens is 1. The van der Waals surface area contributed by atoms with Gasteiger partial charge in [0.25, 0.3) is 0 Å². The first-order chi connectivity index (χ1) is 17.8. The summed E-state index contributed by atoms with van der Waals surface area (Å²) in [6.07, 6.45) is 5.32. The number of hydrogen-bond donors (Lipinski definition) is 1. The highest BCUT2D eigenvalue weighted by Crippen LogP contribution is 2.23. The molecule has 4 rings (SSSR count). The summed E-state index contributed by atoms with van der Waals surface area (Å²) in [5, 5.41) is 16.2. The average molecular weight is 638 g/mol. The number of hydrogen-bond acceptors (Lipinski definition) is 5. The van der Waals surface area contributed by atoms with Gasteiger partial charge in [-0.15, -0.1) is 0 Å². The van der Waals surface area contributed by atoms with Crippen molar-refractivity contribution >= 4 is 77.6 Å². The smallest absolute Gasteiger partial charge is 0.324 e. The predicted molar refractivity (Wildman–Crippen MR) is 159 cm³/mol. The molecule has 2 heterocycles. The second-order valence-corrected chi connectivity index (χ2v) is 12.4. The molecule has 0 saturated heterocycles. The van der Waals surface area contributed by atoms with Crippen molar-refractivity contribution in [1.82, 2.24) is 4.98 Å². The van der Waals surface area contributed by atoms with Gasteiger partial charge in [-0.2, -0.15) is 0 Å². The Bertz CT molecular complexity index is 1400. The largest absolute Gasteiger partial charge is 0.362 e. The third-order valence-electron chi connectivity index (χ3n) is 4.66. The van der Waals surface area contributed by atoms with Gasteiger partial charge in [-0.25, -0.2) is 0 Å². The van der Waals surface area contributed by atoms with Gasteiger partial charge >= 0.3 is 5.00 Å². The first-order valence-corrected chi connectivity index (χ1v) is 15.6. The summed E-state index contributed by atoms with van der Waals surface area (Å²) >= 11 is 10.2. The molecule has 2 unspecified atom stereocenters. The van der Waals surface area contributed by atoms with E-state index in [1.807, 2.05) is 60.8 Å². The molecular formula is C26H22BrClN2O4S3. The summed E-state index contributed by atoms with van der Waals surface area (Å²) in [4.78, 5) is 13.1. The van der Waals surface area contributed by atoms with Gasteiger partial charge in [-0.3, -0.25) is 18.5 Å². The molecule has 192 valence electrons. The van der Waals surface area contributed by atoms with E-state index in [1.165, 1.54) is 6.07 Å². The van der Waals surface area contributed by atoms with Crippen molar-refractivity contribution in [2.75, 3.05) is 0 Å². The van der Waals surface area contributed by atoms with Crippen LogP contribution in [-0.4, -0.2) is 18.3 Å². The lowest BCUT2D eigenvalue weighted by Gasteiger charge is -1.98. The number of nitrogens with one attached hydrogen (secondary N) is 1. The Morgan fingerprint density at radius 1 is 0.946 bits per heavy atom. The molecule has 2 atom stereocenters. The van der Waals surface area contributed by atoms with Gasteiger partial charge in [0.05, 0.1) is 38.0 Å². The Kier molecular flexibility index (Phi) is 11.7. The molecule has 0 aliphatic heterocycles.